The van der Waals surface area contributed by atoms with Crippen molar-refractivity contribution in [3.63, 3.8) is 0 Å². The highest BCUT2D eigenvalue weighted by Gasteiger charge is 2.13. The molecule has 0 spiro atoms. The zero-order valence-electron chi connectivity index (χ0n) is 10.2. The molecule has 0 saturated heterocycles. The fourth-order valence-corrected chi connectivity index (χ4v) is 2.00. The van der Waals surface area contributed by atoms with Crippen LogP contribution in [-0.2, 0) is 9.59 Å². The number of thioether (sulfide) groups is 1. The molecule has 0 aromatic heterocycles. The first-order valence-electron chi connectivity index (χ1n) is 5.61. The van der Waals surface area contributed by atoms with E-state index in [1.54, 1.807) is 12.1 Å². The lowest BCUT2D eigenvalue weighted by Gasteiger charge is -2.13. The van der Waals surface area contributed by atoms with Crippen LogP contribution in [0.4, 0.5) is 5.69 Å². The van der Waals surface area contributed by atoms with Gasteiger partial charge in [-0.3, -0.25) is 9.59 Å². The molecule has 5 nitrogen and oxygen atoms in total. The van der Waals surface area contributed by atoms with Crippen LogP contribution in [0.2, 0.25) is 0 Å². The molecule has 0 aliphatic rings. The van der Waals surface area contributed by atoms with Crippen LogP contribution in [0.15, 0.2) is 29.2 Å². The van der Waals surface area contributed by atoms with E-state index in [4.69, 9.17) is 11.5 Å². The molecule has 2 amide bonds. The van der Waals surface area contributed by atoms with Crippen molar-refractivity contribution in [2.75, 3.05) is 11.1 Å². The number of nitrogens with one attached hydrogen (secondary N) is 1. The number of nitrogens with two attached hydrogens (primary N) is 2. The largest absolute Gasteiger partial charge is 0.369 e. The number of carbonyl (C=O) groups is 2. The first-order valence-corrected chi connectivity index (χ1v) is 6.59. The van der Waals surface area contributed by atoms with Gasteiger partial charge in [0.1, 0.15) is 0 Å². The molecule has 0 radical (unpaired) electrons. The van der Waals surface area contributed by atoms with Crippen molar-refractivity contribution in [2.45, 2.75) is 24.3 Å². The Bertz CT molecular complexity index is 437. The third-order valence-corrected chi connectivity index (χ3v) is 3.39. The highest BCUT2D eigenvalue weighted by atomic mass is 32.2. The van der Waals surface area contributed by atoms with Gasteiger partial charge in [-0.1, -0.05) is 19.1 Å². The standard InChI is InChI=1S/C12H17N3O2S/c1-2-8(13)12(17)15-9-5-3-4-6-10(9)18-7-11(14)16/h3-6,8H,2,7,13H2,1H3,(H2,14,16)(H,15,17)/t8-/m0/s1. The van der Waals surface area contributed by atoms with Gasteiger partial charge in [0.2, 0.25) is 11.8 Å². The highest BCUT2D eigenvalue weighted by molar-refractivity contribution is 8.00. The zero-order valence-corrected chi connectivity index (χ0v) is 11.0. The van der Waals surface area contributed by atoms with Crippen molar-refractivity contribution in [3.05, 3.63) is 24.3 Å². The van der Waals surface area contributed by atoms with E-state index in [9.17, 15) is 9.59 Å². The van der Waals surface area contributed by atoms with Crippen molar-refractivity contribution in [2.24, 2.45) is 11.5 Å². The molecule has 98 valence electrons. The number of hydrogen-bond acceptors (Lipinski definition) is 4. The van der Waals surface area contributed by atoms with Gasteiger partial charge in [0, 0.05) is 4.90 Å². The maximum absolute atomic E-state index is 11.7. The summed E-state index contributed by atoms with van der Waals surface area (Å²) >= 11 is 1.29. The Morgan fingerprint density at radius 1 is 1.39 bits per heavy atom. The van der Waals surface area contributed by atoms with E-state index in [0.29, 0.717) is 12.1 Å². The topological polar surface area (TPSA) is 98.2 Å². The number of hydrogen-bond donors (Lipinski definition) is 3. The lowest BCUT2D eigenvalue weighted by molar-refractivity contribution is -0.117. The second kappa shape index (κ2) is 7.03. The molecule has 0 saturated carbocycles. The highest BCUT2D eigenvalue weighted by Crippen LogP contribution is 2.26. The van der Waals surface area contributed by atoms with Crippen molar-refractivity contribution in [1.82, 2.24) is 0 Å². The van der Waals surface area contributed by atoms with Crippen LogP contribution in [0, 0.1) is 0 Å². The van der Waals surface area contributed by atoms with Gasteiger partial charge in [0.25, 0.3) is 0 Å². The monoisotopic (exact) mass is 267 g/mol. The first kappa shape index (κ1) is 14.5. The number of primary amides is 1. The maximum Gasteiger partial charge on any atom is 0.241 e. The number of anilines is 1. The Kier molecular flexibility index (Phi) is 5.67. The Balaban J connectivity index is 2.75. The van der Waals surface area contributed by atoms with Crippen molar-refractivity contribution >= 4 is 29.3 Å². The molecule has 1 aromatic carbocycles. The van der Waals surface area contributed by atoms with E-state index >= 15 is 0 Å². The molecule has 0 aliphatic heterocycles. The summed E-state index contributed by atoms with van der Waals surface area (Å²) < 4.78 is 0. The van der Waals surface area contributed by atoms with E-state index < -0.39 is 11.9 Å². The first-order chi connectivity index (χ1) is 8.54. The van der Waals surface area contributed by atoms with Crippen LogP contribution in [0.25, 0.3) is 0 Å². The molecule has 1 atom stereocenters. The van der Waals surface area contributed by atoms with E-state index in [1.165, 1.54) is 11.8 Å². The lowest BCUT2D eigenvalue weighted by atomic mass is 10.2. The van der Waals surface area contributed by atoms with Gasteiger partial charge in [-0.25, -0.2) is 0 Å². The molecule has 18 heavy (non-hydrogen) atoms. The minimum atomic E-state index is -0.529. The fourth-order valence-electron chi connectivity index (χ4n) is 1.26. The van der Waals surface area contributed by atoms with Gasteiger partial charge >= 0.3 is 0 Å². The summed E-state index contributed by atoms with van der Waals surface area (Å²) in [7, 11) is 0. The summed E-state index contributed by atoms with van der Waals surface area (Å²) in [6, 6.07) is 6.70. The van der Waals surface area contributed by atoms with E-state index in [1.807, 2.05) is 19.1 Å². The van der Waals surface area contributed by atoms with Crippen LogP contribution in [-0.4, -0.2) is 23.6 Å². The van der Waals surface area contributed by atoms with Crippen molar-refractivity contribution in [1.29, 1.82) is 0 Å². The summed E-state index contributed by atoms with van der Waals surface area (Å²) in [6.07, 6.45) is 0.572. The van der Waals surface area contributed by atoms with Crippen LogP contribution in [0.5, 0.6) is 0 Å². The molecule has 0 fully saturated rings. The number of amides is 2. The van der Waals surface area contributed by atoms with Crippen LogP contribution in [0.3, 0.4) is 0 Å². The Labute approximate surface area is 110 Å². The van der Waals surface area contributed by atoms with Crippen molar-refractivity contribution < 1.29 is 9.59 Å². The van der Waals surface area contributed by atoms with Gasteiger partial charge in [-0.2, -0.15) is 0 Å². The minimum absolute atomic E-state index is 0.173. The molecule has 0 aliphatic carbocycles. The second-order valence-corrected chi connectivity index (χ2v) is 4.77. The molecule has 5 N–H and O–H groups in total. The smallest absolute Gasteiger partial charge is 0.241 e. The SMILES string of the molecule is CC[C@H](N)C(=O)Nc1ccccc1SCC(N)=O. The third kappa shape index (κ3) is 4.38. The Hall–Kier alpha value is -1.53. The predicted molar refractivity (Wildman–Crippen MR) is 73.3 cm³/mol. The predicted octanol–water partition coefficient (Wildman–Crippen LogP) is 0.940. The van der Waals surface area contributed by atoms with Gasteiger partial charge in [0.15, 0.2) is 0 Å². The fraction of sp³-hybridized carbons (Fsp3) is 0.333. The molecule has 1 aromatic rings. The number of para-hydroxylation sites is 1. The van der Waals surface area contributed by atoms with E-state index in [2.05, 4.69) is 5.32 Å². The minimum Gasteiger partial charge on any atom is -0.369 e. The summed E-state index contributed by atoms with van der Waals surface area (Å²) in [5.41, 5.74) is 11.4. The van der Waals surface area contributed by atoms with Gasteiger partial charge in [0.05, 0.1) is 17.5 Å². The van der Waals surface area contributed by atoms with E-state index in [0.717, 1.165) is 4.90 Å². The summed E-state index contributed by atoms with van der Waals surface area (Å²) in [6.45, 7) is 1.85. The molecule has 0 heterocycles. The van der Waals surface area contributed by atoms with Crippen LogP contribution >= 0.6 is 11.8 Å². The normalized spacial score (nSPS) is 11.9. The summed E-state index contributed by atoms with van der Waals surface area (Å²) in [5, 5.41) is 2.75. The van der Waals surface area contributed by atoms with Crippen LogP contribution in [0.1, 0.15) is 13.3 Å². The lowest BCUT2D eigenvalue weighted by Crippen LogP contribution is -2.34. The average molecular weight is 267 g/mol. The average Bonchev–Trinajstić information content (AvgIpc) is 2.36. The van der Waals surface area contributed by atoms with Gasteiger partial charge < -0.3 is 16.8 Å². The zero-order chi connectivity index (χ0) is 13.5. The number of carbonyl (C=O) groups excluding carboxylic acids is 2. The maximum atomic E-state index is 11.7. The molecular formula is C12H17N3O2S. The van der Waals surface area contributed by atoms with E-state index in [-0.39, 0.29) is 11.7 Å². The Morgan fingerprint density at radius 3 is 2.67 bits per heavy atom. The van der Waals surface area contributed by atoms with Crippen molar-refractivity contribution in [3.8, 4) is 0 Å². The van der Waals surface area contributed by atoms with Crippen LogP contribution < -0.4 is 16.8 Å². The Morgan fingerprint density at radius 2 is 2.06 bits per heavy atom. The molecule has 0 unspecified atom stereocenters. The third-order valence-electron chi connectivity index (χ3n) is 2.29. The second-order valence-electron chi connectivity index (χ2n) is 3.76. The summed E-state index contributed by atoms with van der Waals surface area (Å²) in [4.78, 5) is 23.3. The van der Waals surface area contributed by atoms with Gasteiger partial charge in [-0.05, 0) is 18.6 Å². The summed E-state index contributed by atoms with van der Waals surface area (Å²) in [5.74, 6) is -0.455. The quantitative estimate of drug-likeness (QED) is 0.668. The number of rotatable bonds is 6. The molecule has 0 bridgehead atoms. The molecule has 1 rings (SSSR count). The van der Waals surface area contributed by atoms with Gasteiger partial charge in [-0.15, -0.1) is 11.8 Å². The molecular weight excluding hydrogens is 250 g/mol. The number of benzene rings is 1. The molecule has 6 heteroatoms.